The second-order valence-electron chi connectivity index (χ2n) is 5.65. The van der Waals surface area contributed by atoms with Gasteiger partial charge in [0.25, 0.3) is 0 Å². The Morgan fingerprint density at radius 2 is 1.55 bits per heavy atom. The third-order valence-corrected chi connectivity index (χ3v) is 3.99. The van der Waals surface area contributed by atoms with E-state index in [0.717, 1.165) is 18.1 Å². The zero-order chi connectivity index (χ0) is 14.9. The summed E-state index contributed by atoms with van der Waals surface area (Å²) < 4.78 is 5.72. The Labute approximate surface area is 122 Å². The van der Waals surface area contributed by atoms with Crippen molar-refractivity contribution < 1.29 is 4.42 Å². The lowest BCUT2D eigenvalue weighted by molar-refractivity contribution is 0.495. The van der Waals surface area contributed by atoms with Gasteiger partial charge in [0, 0.05) is 5.56 Å². The van der Waals surface area contributed by atoms with Crippen LogP contribution >= 0.6 is 0 Å². The zero-order valence-corrected chi connectivity index (χ0v) is 13.4. The van der Waals surface area contributed by atoms with Gasteiger partial charge >= 0.3 is 0 Å². The molecule has 0 spiro atoms. The van der Waals surface area contributed by atoms with Crippen LogP contribution in [-0.2, 0) is 0 Å². The Balaban J connectivity index is 2.54. The lowest BCUT2D eigenvalue weighted by Gasteiger charge is -2.21. The summed E-state index contributed by atoms with van der Waals surface area (Å²) >= 11 is 0. The first-order valence-corrected chi connectivity index (χ1v) is 7.32. The molecule has 1 aromatic carbocycles. The molecule has 2 aromatic rings. The second kappa shape index (κ2) is 5.84. The van der Waals surface area contributed by atoms with Crippen molar-refractivity contribution in [2.75, 3.05) is 6.54 Å². The molecule has 0 saturated carbocycles. The Bertz CT molecular complexity index is 610. The number of benzene rings is 1. The van der Waals surface area contributed by atoms with Crippen LogP contribution in [0, 0.1) is 34.6 Å². The molecule has 2 rings (SSSR count). The molecule has 0 saturated heterocycles. The van der Waals surface area contributed by atoms with Gasteiger partial charge in [-0.25, -0.2) is 0 Å². The lowest BCUT2D eigenvalue weighted by atomic mass is 9.91. The van der Waals surface area contributed by atoms with Crippen molar-refractivity contribution >= 4 is 0 Å². The minimum absolute atomic E-state index is 0.205. The average molecular weight is 271 g/mol. The molecular formula is C18H25NO. The first-order valence-electron chi connectivity index (χ1n) is 7.32. The van der Waals surface area contributed by atoms with Crippen molar-refractivity contribution in [2.24, 2.45) is 0 Å². The summed E-state index contributed by atoms with van der Waals surface area (Å²) in [7, 11) is 0. The fourth-order valence-electron chi connectivity index (χ4n) is 2.82. The van der Waals surface area contributed by atoms with Gasteiger partial charge in [-0.1, -0.05) is 19.1 Å². The van der Waals surface area contributed by atoms with Crippen LogP contribution < -0.4 is 5.32 Å². The summed E-state index contributed by atoms with van der Waals surface area (Å²) in [5.74, 6) is 1.98. The highest BCUT2D eigenvalue weighted by molar-refractivity contribution is 5.43. The predicted octanol–water partition coefficient (Wildman–Crippen LogP) is 4.52. The van der Waals surface area contributed by atoms with Gasteiger partial charge in [-0.15, -0.1) is 0 Å². The van der Waals surface area contributed by atoms with Crippen molar-refractivity contribution in [3.63, 3.8) is 0 Å². The van der Waals surface area contributed by atoms with Crippen LogP contribution in [0.25, 0.3) is 0 Å². The normalized spacial score (nSPS) is 12.7. The highest BCUT2D eigenvalue weighted by atomic mass is 16.3. The summed E-state index contributed by atoms with van der Waals surface area (Å²) in [5, 5.41) is 3.60. The van der Waals surface area contributed by atoms with E-state index in [0.29, 0.717) is 0 Å². The molecule has 2 nitrogen and oxygen atoms in total. The summed E-state index contributed by atoms with van der Waals surface area (Å²) in [6.07, 6.45) is 0. The number of furan rings is 1. The van der Waals surface area contributed by atoms with Crippen LogP contribution in [0.3, 0.4) is 0 Å². The molecule has 0 aliphatic rings. The van der Waals surface area contributed by atoms with Gasteiger partial charge in [-0.05, 0) is 69.5 Å². The van der Waals surface area contributed by atoms with Crippen LogP contribution in [0.4, 0.5) is 0 Å². The van der Waals surface area contributed by atoms with E-state index in [1.54, 1.807) is 0 Å². The molecule has 1 heterocycles. The van der Waals surface area contributed by atoms with Gasteiger partial charge in [-0.2, -0.15) is 0 Å². The number of nitrogens with one attached hydrogen (secondary N) is 1. The lowest BCUT2D eigenvalue weighted by Crippen LogP contribution is -2.23. The Kier molecular flexibility index (Phi) is 4.34. The highest BCUT2D eigenvalue weighted by Gasteiger charge is 2.20. The second-order valence-corrected chi connectivity index (χ2v) is 5.65. The molecular weight excluding hydrogens is 246 g/mol. The van der Waals surface area contributed by atoms with E-state index in [9.17, 15) is 0 Å². The van der Waals surface area contributed by atoms with E-state index in [4.69, 9.17) is 4.42 Å². The maximum Gasteiger partial charge on any atom is 0.106 e. The van der Waals surface area contributed by atoms with Gasteiger partial charge in [0.1, 0.15) is 11.5 Å². The van der Waals surface area contributed by atoms with Crippen molar-refractivity contribution in [3.05, 3.63) is 57.5 Å². The number of aryl methyl sites for hydroxylation is 5. The van der Waals surface area contributed by atoms with Crippen LogP contribution in [0.15, 0.2) is 22.6 Å². The standard InChI is InChI=1S/C18H25NO/c1-7-19-18(17-10-14(5)20-15(17)6)16-9-12(3)11(2)8-13(16)4/h8-10,18-19H,7H2,1-6H3. The van der Waals surface area contributed by atoms with E-state index >= 15 is 0 Å². The molecule has 0 amide bonds. The molecule has 1 unspecified atom stereocenters. The van der Waals surface area contributed by atoms with Crippen molar-refractivity contribution in [3.8, 4) is 0 Å². The Hall–Kier alpha value is -1.54. The summed E-state index contributed by atoms with van der Waals surface area (Å²) in [6.45, 7) is 13.7. The maximum absolute atomic E-state index is 5.72. The largest absolute Gasteiger partial charge is 0.466 e. The Morgan fingerprint density at radius 3 is 2.10 bits per heavy atom. The fourth-order valence-corrected chi connectivity index (χ4v) is 2.82. The molecule has 108 valence electrons. The molecule has 0 aliphatic carbocycles. The quantitative estimate of drug-likeness (QED) is 0.884. The molecule has 1 atom stereocenters. The van der Waals surface area contributed by atoms with Gasteiger partial charge in [0.15, 0.2) is 0 Å². The van der Waals surface area contributed by atoms with Crippen LogP contribution in [0.5, 0.6) is 0 Å². The molecule has 1 aromatic heterocycles. The van der Waals surface area contributed by atoms with E-state index in [1.165, 1.54) is 27.8 Å². The monoisotopic (exact) mass is 271 g/mol. The smallest absolute Gasteiger partial charge is 0.106 e. The van der Waals surface area contributed by atoms with Crippen LogP contribution in [0.2, 0.25) is 0 Å². The molecule has 1 N–H and O–H groups in total. The van der Waals surface area contributed by atoms with Crippen LogP contribution in [-0.4, -0.2) is 6.54 Å². The maximum atomic E-state index is 5.72. The molecule has 2 heteroatoms. The van der Waals surface area contributed by atoms with Crippen molar-refractivity contribution in [2.45, 2.75) is 47.6 Å². The predicted molar refractivity (Wildman–Crippen MR) is 84.4 cm³/mol. The van der Waals surface area contributed by atoms with E-state index < -0.39 is 0 Å². The van der Waals surface area contributed by atoms with Crippen molar-refractivity contribution in [1.82, 2.24) is 5.32 Å². The highest BCUT2D eigenvalue weighted by Crippen LogP contribution is 2.30. The molecule has 0 bridgehead atoms. The van der Waals surface area contributed by atoms with E-state index in [-0.39, 0.29) is 6.04 Å². The first-order chi connectivity index (χ1) is 9.43. The number of hydrogen-bond donors (Lipinski definition) is 1. The molecule has 20 heavy (non-hydrogen) atoms. The van der Waals surface area contributed by atoms with E-state index in [2.05, 4.69) is 51.2 Å². The van der Waals surface area contributed by atoms with Gasteiger partial charge in [-0.3, -0.25) is 0 Å². The fraction of sp³-hybridized carbons (Fsp3) is 0.444. The number of hydrogen-bond acceptors (Lipinski definition) is 2. The van der Waals surface area contributed by atoms with Gasteiger partial charge < -0.3 is 9.73 Å². The minimum atomic E-state index is 0.205. The van der Waals surface area contributed by atoms with Gasteiger partial charge in [0.2, 0.25) is 0 Å². The molecule has 0 fully saturated rings. The molecule has 0 radical (unpaired) electrons. The third kappa shape index (κ3) is 2.80. The Morgan fingerprint density at radius 1 is 0.900 bits per heavy atom. The summed E-state index contributed by atoms with van der Waals surface area (Å²) in [6, 6.07) is 6.94. The van der Waals surface area contributed by atoms with E-state index in [1.807, 2.05) is 13.8 Å². The third-order valence-electron chi connectivity index (χ3n) is 3.99. The topological polar surface area (TPSA) is 25.2 Å². The average Bonchev–Trinajstić information content (AvgIpc) is 2.70. The summed E-state index contributed by atoms with van der Waals surface area (Å²) in [5.41, 5.74) is 6.61. The molecule has 0 aliphatic heterocycles. The first kappa shape index (κ1) is 14.9. The SMILES string of the molecule is CCNC(c1cc(C)c(C)cc1C)c1cc(C)oc1C. The zero-order valence-electron chi connectivity index (χ0n) is 13.4. The number of rotatable bonds is 4. The minimum Gasteiger partial charge on any atom is -0.466 e. The van der Waals surface area contributed by atoms with Crippen LogP contribution in [0.1, 0.15) is 52.3 Å². The van der Waals surface area contributed by atoms with Crippen molar-refractivity contribution in [1.29, 1.82) is 0 Å². The summed E-state index contributed by atoms with van der Waals surface area (Å²) in [4.78, 5) is 0. The van der Waals surface area contributed by atoms with Gasteiger partial charge in [0.05, 0.1) is 6.04 Å².